The summed E-state index contributed by atoms with van der Waals surface area (Å²) in [6, 6.07) is 6.75. The van der Waals surface area contributed by atoms with Crippen molar-refractivity contribution in [3.63, 3.8) is 0 Å². The lowest BCUT2D eigenvalue weighted by molar-refractivity contribution is 0.571. The van der Waals surface area contributed by atoms with Crippen molar-refractivity contribution in [2.75, 3.05) is 0 Å². The van der Waals surface area contributed by atoms with Gasteiger partial charge in [-0.25, -0.2) is 4.98 Å². The van der Waals surface area contributed by atoms with Crippen molar-refractivity contribution in [1.29, 1.82) is 0 Å². The van der Waals surface area contributed by atoms with Gasteiger partial charge in [0.1, 0.15) is 5.01 Å². The molecule has 0 spiro atoms. The normalized spacial score (nSPS) is 12.7. The molecule has 0 bridgehead atoms. The van der Waals surface area contributed by atoms with Crippen LogP contribution in [0.5, 0.6) is 0 Å². The van der Waals surface area contributed by atoms with Crippen LogP contribution in [0.25, 0.3) is 0 Å². The minimum absolute atomic E-state index is 0.299. The van der Waals surface area contributed by atoms with Gasteiger partial charge in [-0.3, -0.25) is 0 Å². The minimum atomic E-state index is 0.299. The van der Waals surface area contributed by atoms with Gasteiger partial charge in [0.25, 0.3) is 0 Å². The van der Waals surface area contributed by atoms with Gasteiger partial charge in [-0.05, 0) is 38.0 Å². The number of benzene rings is 1. The van der Waals surface area contributed by atoms with Crippen LogP contribution >= 0.6 is 27.3 Å². The fourth-order valence-electron chi connectivity index (χ4n) is 1.75. The molecule has 18 heavy (non-hydrogen) atoms. The van der Waals surface area contributed by atoms with Crippen LogP contribution in [0.4, 0.5) is 0 Å². The van der Waals surface area contributed by atoms with Gasteiger partial charge in [0.05, 0.1) is 6.04 Å². The highest BCUT2D eigenvalue weighted by Crippen LogP contribution is 2.20. The Morgan fingerprint density at radius 1 is 1.39 bits per heavy atom. The van der Waals surface area contributed by atoms with Crippen LogP contribution in [-0.4, -0.2) is 4.98 Å². The third-order valence-electron chi connectivity index (χ3n) is 2.84. The van der Waals surface area contributed by atoms with Crippen molar-refractivity contribution < 1.29 is 0 Å². The van der Waals surface area contributed by atoms with Crippen LogP contribution in [0.1, 0.15) is 34.8 Å². The Balaban J connectivity index is 1.97. The molecule has 2 rings (SSSR count). The third-order valence-corrected chi connectivity index (χ3v) is 4.88. The SMILES string of the molecule is Cc1csc(C(C)NCc2ccc(Br)c(C)c2)n1. The van der Waals surface area contributed by atoms with E-state index >= 15 is 0 Å². The average Bonchev–Trinajstić information content (AvgIpc) is 2.77. The van der Waals surface area contributed by atoms with Gasteiger partial charge in [0, 0.05) is 22.1 Å². The van der Waals surface area contributed by atoms with Crippen molar-refractivity contribution in [3.05, 3.63) is 49.9 Å². The molecule has 0 fully saturated rings. The molecule has 2 aromatic rings. The highest BCUT2D eigenvalue weighted by molar-refractivity contribution is 9.10. The zero-order valence-electron chi connectivity index (χ0n) is 10.8. The maximum Gasteiger partial charge on any atom is 0.110 e. The second-order valence-electron chi connectivity index (χ2n) is 4.51. The van der Waals surface area contributed by atoms with Crippen molar-refractivity contribution in [1.82, 2.24) is 10.3 Å². The number of aryl methyl sites for hydroxylation is 2. The molecule has 0 radical (unpaired) electrons. The molecular weight excluding hydrogens is 308 g/mol. The molecule has 0 aliphatic heterocycles. The summed E-state index contributed by atoms with van der Waals surface area (Å²) in [6.07, 6.45) is 0. The highest BCUT2D eigenvalue weighted by Gasteiger charge is 2.08. The second kappa shape index (κ2) is 5.95. The minimum Gasteiger partial charge on any atom is -0.304 e. The van der Waals surface area contributed by atoms with Crippen molar-refractivity contribution in [2.45, 2.75) is 33.4 Å². The molecule has 0 aliphatic rings. The first-order valence-corrected chi connectivity index (χ1v) is 7.64. The Morgan fingerprint density at radius 2 is 2.17 bits per heavy atom. The van der Waals surface area contributed by atoms with Crippen molar-refractivity contribution >= 4 is 27.3 Å². The summed E-state index contributed by atoms with van der Waals surface area (Å²) in [5.74, 6) is 0. The number of aromatic nitrogens is 1. The quantitative estimate of drug-likeness (QED) is 0.903. The van der Waals surface area contributed by atoms with Crippen molar-refractivity contribution in [2.24, 2.45) is 0 Å². The molecule has 96 valence electrons. The molecule has 0 amide bonds. The summed E-state index contributed by atoms with van der Waals surface area (Å²) < 4.78 is 1.16. The lowest BCUT2D eigenvalue weighted by Crippen LogP contribution is -2.18. The van der Waals surface area contributed by atoms with E-state index in [1.807, 2.05) is 6.92 Å². The van der Waals surface area contributed by atoms with Gasteiger partial charge in [-0.2, -0.15) is 0 Å². The van der Waals surface area contributed by atoms with Crippen LogP contribution in [0, 0.1) is 13.8 Å². The van der Waals surface area contributed by atoms with Gasteiger partial charge in [-0.1, -0.05) is 28.1 Å². The van der Waals surface area contributed by atoms with Crippen LogP contribution in [0.15, 0.2) is 28.1 Å². The first kappa shape index (κ1) is 13.7. The molecule has 1 N–H and O–H groups in total. The molecule has 1 aromatic heterocycles. The highest BCUT2D eigenvalue weighted by atomic mass is 79.9. The molecular formula is C14H17BrN2S. The molecule has 2 nitrogen and oxygen atoms in total. The summed E-state index contributed by atoms with van der Waals surface area (Å²) in [5, 5.41) is 6.76. The topological polar surface area (TPSA) is 24.9 Å². The van der Waals surface area contributed by atoms with E-state index in [0.717, 1.165) is 21.7 Å². The molecule has 1 heterocycles. The Morgan fingerprint density at radius 3 is 2.78 bits per heavy atom. The molecule has 0 saturated carbocycles. The molecule has 1 atom stereocenters. The summed E-state index contributed by atoms with van der Waals surface area (Å²) >= 11 is 5.24. The fraction of sp³-hybridized carbons (Fsp3) is 0.357. The van der Waals surface area contributed by atoms with Gasteiger partial charge in [0.15, 0.2) is 0 Å². The Hall–Kier alpha value is -0.710. The maximum absolute atomic E-state index is 4.50. The number of nitrogens with one attached hydrogen (secondary N) is 1. The molecule has 4 heteroatoms. The summed E-state index contributed by atoms with van der Waals surface area (Å²) in [6.45, 7) is 7.17. The second-order valence-corrected chi connectivity index (χ2v) is 6.26. The lowest BCUT2D eigenvalue weighted by Gasteiger charge is -2.12. The smallest absolute Gasteiger partial charge is 0.110 e. The van der Waals surface area contributed by atoms with E-state index in [4.69, 9.17) is 0 Å². The zero-order valence-corrected chi connectivity index (χ0v) is 13.2. The van der Waals surface area contributed by atoms with E-state index in [2.05, 4.69) is 63.7 Å². The van der Waals surface area contributed by atoms with Crippen LogP contribution in [-0.2, 0) is 6.54 Å². The first-order chi connectivity index (χ1) is 8.56. The van der Waals surface area contributed by atoms with Crippen LogP contribution < -0.4 is 5.32 Å². The average molecular weight is 325 g/mol. The molecule has 0 aliphatic carbocycles. The predicted molar refractivity (Wildman–Crippen MR) is 81.0 cm³/mol. The molecule has 0 saturated heterocycles. The zero-order chi connectivity index (χ0) is 13.1. The Labute approximate surface area is 121 Å². The summed E-state index contributed by atoms with van der Waals surface area (Å²) in [5.41, 5.74) is 3.67. The number of thiazole rings is 1. The third kappa shape index (κ3) is 3.40. The van der Waals surface area contributed by atoms with Gasteiger partial charge in [-0.15, -0.1) is 11.3 Å². The summed E-state index contributed by atoms with van der Waals surface area (Å²) in [7, 11) is 0. The summed E-state index contributed by atoms with van der Waals surface area (Å²) in [4.78, 5) is 4.50. The van der Waals surface area contributed by atoms with E-state index in [9.17, 15) is 0 Å². The number of hydrogen-bond acceptors (Lipinski definition) is 3. The largest absolute Gasteiger partial charge is 0.304 e. The fourth-order valence-corrected chi connectivity index (χ4v) is 2.82. The van der Waals surface area contributed by atoms with Crippen LogP contribution in [0.2, 0.25) is 0 Å². The number of halogens is 1. The molecule has 1 aromatic carbocycles. The van der Waals surface area contributed by atoms with E-state index in [0.29, 0.717) is 6.04 Å². The van der Waals surface area contributed by atoms with E-state index in [1.165, 1.54) is 11.1 Å². The maximum atomic E-state index is 4.50. The Kier molecular flexibility index (Phi) is 4.54. The number of nitrogens with zero attached hydrogens (tertiary/aromatic N) is 1. The van der Waals surface area contributed by atoms with E-state index in [-0.39, 0.29) is 0 Å². The van der Waals surface area contributed by atoms with Gasteiger partial charge >= 0.3 is 0 Å². The van der Waals surface area contributed by atoms with E-state index in [1.54, 1.807) is 11.3 Å². The monoisotopic (exact) mass is 324 g/mol. The van der Waals surface area contributed by atoms with Gasteiger partial charge in [0.2, 0.25) is 0 Å². The Bertz CT molecular complexity index is 536. The standard InChI is InChI=1S/C14H17BrN2S/c1-9-6-12(4-5-13(9)15)7-16-11(3)14-17-10(2)8-18-14/h4-6,8,11,16H,7H2,1-3H3. The predicted octanol–water partition coefficient (Wildman–Crippen LogP) is 4.37. The van der Waals surface area contributed by atoms with Crippen molar-refractivity contribution in [3.8, 4) is 0 Å². The van der Waals surface area contributed by atoms with Crippen LogP contribution in [0.3, 0.4) is 0 Å². The first-order valence-electron chi connectivity index (χ1n) is 5.96. The van der Waals surface area contributed by atoms with Gasteiger partial charge < -0.3 is 5.32 Å². The van der Waals surface area contributed by atoms with E-state index < -0.39 is 0 Å². The number of rotatable bonds is 4. The molecule has 1 unspecified atom stereocenters. The lowest BCUT2D eigenvalue weighted by atomic mass is 10.1. The number of hydrogen-bond donors (Lipinski definition) is 1.